The van der Waals surface area contributed by atoms with Gasteiger partial charge in [-0.3, -0.25) is 4.79 Å². The topological polar surface area (TPSA) is 68.4 Å². The summed E-state index contributed by atoms with van der Waals surface area (Å²) >= 11 is 0. The molecule has 1 aliphatic carbocycles. The van der Waals surface area contributed by atoms with E-state index in [-0.39, 0.29) is 23.5 Å². The first kappa shape index (κ1) is 23.7. The number of benzene rings is 1. The average Bonchev–Trinajstić information content (AvgIpc) is 3.16. The zero-order valence-corrected chi connectivity index (χ0v) is 20.9. The Morgan fingerprint density at radius 2 is 1.85 bits per heavy atom. The molecule has 1 saturated carbocycles. The number of fused-ring (bicyclic) bond motifs is 3. The lowest BCUT2D eigenvalue weighted by atomic mass is 9.80. The van der Waals surface area contributed by atoms with Crippen molar-refractivity contribution in [3.05, 3.63) is 35.5 Å². The first-order chi connectivity index (χ1) is 15.7. The molecule has 1 aliphatic heterocycles. The zero-order valence-electron chi connectivity index (χ0n) is 20.9. The van der Waals surface area contributed by atoms with Gasteiger partial charge in [-0.15, -0.1) is 0 Å². The van der Waals surface area contributed by atoms with Crippen molar-refractivity contribution >= 4 is 22.8 Å². The minimum Gasteiger partial charge on any atom is -0.356 e. The predicted molar refractivity (Wildman–Crippen MR) is 133 cm³/mol. The maximum atomic E-state index is 13.6. The number of hydrogen-bond acceptors (Lipinski definition) is 2. The SMILES string of the molecule is CCC1c2[nH]c3ccccc3c2CCN1C(=O)C1CCC(CN(C)C(=O)NC(C)(C)C)CC1. The Balaban J connectivity index is 1.36. The third kappa shape index (κ3) is 5.04. The number of nitrogens with one attached hydrogen (secondary N) is 2. The molecule has 1 atom stereocenters. The van der Waals surface area contributed by atoms with Crippen molar-refractivity contribution in [1.29, 1.82) is 0 Å². The predicted octanol–water partition coefficient (Wildman–Crippen LogP) is 5.25. The van der Waals surface area contributed by atoms with Crippen LogP contribution in [0, 0.1) is 11.8 Å². The summed E-state index contributed by atoms with van der Waals surface area (Å²) in [5, 5.41) is 4.33. The van der Waals surface area contributed by atoms with Crippen LogP contribution in [-0.4, -0.2) is 52.4 Å². The van der Waals surface area contributed by atoms with Crippen LogP contribution >= 0.6 is 0 Å². The number of rotatable bonds is 4. The number of carbonyl (C=O) groups excluding carboxylic acids is 2. The third-order valence-corrected chi connectivity index (χ3v) is 7.39. The van der Waals surface area contributed by atoms with Crippen LogP contribution in [0.1, 0.15) is 77.1 Å². The van der Waals surface area contributed by atoms with E-state index in [2.05, 4.69) is 46.4 Å². The van der Waals surface area contributed by atoms with E-state index in [0.717, 1.165) is 51.6 Å². The zero-order chi connectivity index (χ0) is 23.8. The molecule has 4 rings (SSSR count). The quantitative estimate of drug-likeness (QED) is 0.665. The molecule has 0 saturated heterocycles. The smallest absolute Gasteiger partial charge is 0.317 e. The Kier molecular flexibility index (Phi) is 6.73. The highest BCUT2D eigenvalue weighted by Crippen LogP contribution is 2.39. The summed E-state index contributed by atoms with van der Waals surface area (Å²) in [7, 11) is 1.87. The second kappa shape index (κ2) is 9.40. The number of carbonyl (C=O) groups is 2. The average molecular weight is 453 g/mol. The fraction of sp³-hybridized carbons (Fsp3) is 0.630. The van der Waals surface area contributed by atoms with Crippen molar-refractivity contribution in [2.45, 2.75) is 77.8 Å². The van der Waals surface area contributed by atoms with Crippen molar-refractivity contribution < 1.29 is 9.59 Å². The number of aromatic amines is 1. The molecule has 0 bridgehead atoms. The van der Waals surface area contributed by atoms with E-state index in [4.69, 9.17) is 0 Å². The second-order valence-corrected chi connectivity index (χ2v) is 11.0. The molecule has 2 heterocycles. The Morgan fingerprint density at radius 3 is 2.52 bits per heavy atom. The van der Waals surface area contributed by atoms with Crippen LogP contribution in [0.15, 0.2) is 24.3 Å². The fourth-order valence-corrected chi connectivity index (χ4v) is 5.72. The van der Waals surface area contributed by atoms with Gasteiger partial charge in [0.1, 0.15) is 0 Å². The van der Waals surface area contributed by atoms with Crippen LogP contribution < -0.4 is 5.32 Å². The minimum atomic E-state index is -0.232. The Hall–Kier alpha value is -2.50. The van der Waals surface area contributed by atoms with Crippen LogP contribution in [0.3, 0.4) is 0 Å². The molecule has 6 heteroatoms. The van der Waals surface area contributed by atoms with E-state index in [1.54, 1.807) is 4.90 Å². The number of H-pyrrole nitrogens is 1. The molecule has 2 aromatic rings. The molecule has 1 fully saturated rings. The van der Waals surface area contributed by atoms with Gasteiger partial charge in [0.25, 0.3) is 0 Å². The summed E-state index contributed by atoms with van der Waals surface area (Å²) in [4.78, 5) is 33.5. The monoisotopic (exact) mass is 452 g/mol. The lowest BCUT2D eigenvalue weighted by Crippen LogP contribution is -2.48. The Bertz CT molecular complexity index is 997. The maximum absolute atomic E-state index is 13.6. The van der Waals surface area contributed by atoms with E-state index in [0.29, 0.717) is 11.8 Å². The van der Waals surface area contributed by atoms with Gasteiger partial charge in [-0.25, -0.2) is 4.79 Å². The fourth-order valence-electron chi connectivity index (χ4n) is 5.72. The Morgan fingerprint density at radius 1 is 1.15 bits per heavy atom. The van der Waals surface area contributed by atoms with E-state index in [9.17, 15) is 9.59 Å². The van der Waals surface area contributed by atoms with Gasteiger partial charge in [0.2, 0.25) is 5.91 Å². The second-order valence-electron chi connectivity index (χ2n) is 11.0. The third-order valence-electron chi connectivity index (χ3n) is 7.39. The summed E-state index contributed by atoms with van der Waals surface area (Å²) in [6.07, 6.45) is 5.70. The van der Waals surface area contributed by atoms with Gasteiger partial charge in [-0.05, 0) is 76.8 Å². The molecular weight excluding hydrogens is 412 g/mol. The summed E-state index contributed by atoms with van der Waals surface area (Å²) in [5.74, 6) is 0.895. The lowest BCUT2D eigenvalue weighted by Gasteiger charge is -2.39. The van der Waals surface area contributed by atoms with Crippen LogP contribution in [0.2, 0.25) is 0 Å². The summed E-state index contributed by atoms with van der Waals surface area (Å²) in [6, 6.07) is 8.60. The van der Waals surface area contributed by atoms with E-state index in [1.165, 1.54) is 22.2 Å². The van der Waals surface area contributed by atoms with E-state index in [1.807, 2.05) is 27.8 Å². The van der Waals surface area contributed by atoms with Gasteiger partial charge in [0, 0.05) is 48.2 Å². The van der Waals surface area contributed by atoms with Crippen LogP contribution in [0.4, 0.5) is 4.79 Å². The van der Waals surface area contributed by atoms with E-state index >= 15 is 0 Å². The number of urea groups is 1. The normalized spacial score (nSPS) is 23.3. The molecular formula is C27H40N4O2. The van der Waals surface area contributed by atoms with Gasteiger partial charge < -0.3 is 20.1 Å². The molecule has 0 radical (unpaired) electrons. The summed E-state index contributed by atoms with van der Waals surface area (Å²) in [6.45, 7) is 9.74. The molecule has 1 unspecified atom stereocenters. The van der Waals surface area contributed by atoms with Crippen molar-refractivity contribution in [3.8, 4) is 0 Å². The summed E-state index contributed by atoms with van der Waals surface area (Å²) < 4.78 is 0. The molecule has 3 amide bonds. The molecule has 180 valence electrons. The molecule has 33 heavy (non-hydrogen) atoms. The molecule has 2 N–H and O–H groups in total. The lowest BCUT2D eigenvalue weighted by molar-refractivity contribution is -0.140. The molecule has 2 aliphatic rings. The van der Waals surface area contributed by atoms with Gasteiger partial charge in [-0.2, -0.15) is 0 Å². The van der Waals surface area contributed by atoms with Gasteiger partial charge >= 0.3 is 6.03 Å². The number of aromatic nitrogens is 1. The van der Waals surface area contributed by atoms with Gasteiger partial charge in [0.15, 0.2) is 0 Å². The van der Waals surface area contributed by atoms with Gasteiger partial charge in [-0.1, -0.05) is 25.1 Å². The summed E-state index contributed by atoms with van der Waals surface area (Å²) in [5.41, 5.74) is 3.57. The van der Waals surface area contributed by atoms with Crippen molar-refractivity contribution in [1.82, 2.24) is 20.1 Å². The van der Waals surface area contributed by atoms with E-state index < -0.39 is 0 Å². The molecule has 1 aromatic carbocycles. The number of nitrogens with zero attached hydrogens (tertiary/aromatic N) is 2. The largest absolute Gasteiger partial charge is 0.356 e. The number of para-hydroxylation sites is 1. The highest BCUT2D eigenvalue weighted by Gasteiger charge is 2.37. The molecule has 1 aromatic heterocycles. The van der Waals surface area contributed by atoms with Gasteiger partial charge in [0.05, 0.1) is 6.04 Å². The molecule has 0 spiro atoms. The molecule has 6 nitrogen and oxygen atoms in total. The standard InChI is InChI=1S/C27H40N4O2/c1-6-23-24-21(20-9-7-8-10-22(20)28-24)15-16-31(23)25(32)19-13-11-18(12-14-19)17-30(5)26(33)29-27(2,3)4/h7-10,18-19,23,28H,6,11-17H2,1-5H3,(H,29,33). The first-order valence-electron chi connectivity index (χ1n) is 12.6. The van der Waals surface area contributed by atoms with Crippen molar-refractivity contribution in [3.63, 3.8) is 0 Å². The minimum absolute atomic E-state index is 0.0195. The number of hydrogen-bond donors (Lipinski definition) is 2. The van der Waals surface area contributed by atoms with Crippen molar-refractivity contribution in [2.75, 3.05) is 20.1 Å². The Labute approximate surface area is 198 Å². The van der Waals surface area contributed by atoms with Crippen LogP contribution in [0.5, 0.6) is 0 Å². The van der Waals surface area contributed by atoms with Crippen molar-refractivity contribution in [2.24, 2.45) is 11.8 Å². The first-order valence-corrected chi connectivity index (χ1v) is 12.6. The van der Waals surface area contributed by atoms with Crippen LogP contribution in [0.25, 0.3) is 10.9 Å². The highest BCUT2D eigenvalue weighted by atomic mass is 16.2. The van der Waals surface area contributed by atoms with Crippen LogP contribution in [-0.2, 0) is 11.2 Å². The number of amides is 3. The highest BCUT2D eigenvalue weighted by molar-refractivity contribution is 5.86. The maximum Gasteiger partial charge on any atom is 0.317 e.